The summed E-state index contributed by atoms with van der Waals surface area (Å²) in [4.78, 5) is 23.2. The highest BCUT2D eigenvalue weighted by atomic mass is 127. The van der Waals surface area contributed by atoms with E-state index < -0.39 is 0 Å². The van der Waals surface area contributed by atoms with E-state index in [0.717, 1.165) is 43.8 Å². The van der Waals surface area contributed by atoms with Crippen LogP contribution in [-0.2, 0) is 11.3 Å². The minimum Gasteiger partial charge on any atom is -0.444 e. The average Bonchev–Trinajstić information content (AvgIpc) is 3.33. The molecule has 26 heavy (non-hydrogen) atoms. The van der Waals surface area contributed by atoms with E-state index in [0.29, 0.717) is 24.3 Å². The molecular formula is C18H30IN5O2. The van der Waals surface area contributed by atoms with Crippen molar-refractivity contribution < 1.29 is 9.21 Å². The van der Waals surface area contributed by atoms with Gasteiger partial charge in [0.1, 0.15) is 5.76 Å². The van der Waals surface area contributed by atoms with Crippen molar-refractivity contribution in [1.29, 1.82) is 0 Å². The zero-order chi connectivity index (χ0) is 17.8. The molecule has 8 heteroatoms. The summed E-state index contributed by atoms with van der Waals surface area (Å²) in [5.74, 6) is 2.82. The molecule has 2 aliphatic rings. The quantitative estimate of drug-likeness (QED) is 0.397. The van der Waals surface area contributed by atoms with Crippen molar-refractivity contribution in [3.63, 3.8) is 0 Å². The molecule has 1 aliphatic carbocycles. The van der Waals surface area contributed by atoms with E-state index in [2.05, 4.69) is 20.6 Å². The fourth-order valence-electron chi connectivity index (χ4n) is 3.67. The van der Waals surface area contributed by atoms with Crippen molar-refractivity contribution in [1.82, 2.24) is 20.5 Å². The largest absolute Gasteiger partial charge is 0.444 e. The number of nitrogens with one attached hydrogen (secondary N) is 2. The first-order valence-corrected chi connectivity index (χ1v) is 9.25. The molecule has 1 saturated heterocycles. The van der Waals surface area contributed by atoms with Gasteiger partial charge >= 0.3 is 0 Å². The number of hydrogen-bond donors (Lipinski definition) is 2. The monoisotopic (exact) mass is 475 g/mol. The topological polar surface area (TPSA) is 82.8 Å². The number of oxazole rings is 1. The van der Waals surface area contributed by atoms with E-state index in [1.807, 2.05) is 18.7 Å². The lowest BCUT2D eigenvalue weighted by Crippen LogP contribution is -2.45. The number of amides is 1. The molecule has 1 atom stereocenters. The van der Waals surface area contributed by atoms with Crippen molar-refractivity contribution in [3.8, 4) is 0 Å². The summed E-state index contributed by atoms with van der Waals surface area (Å²) < 4.78 is 5.58. The van der Waals surface area contributed by atoms with Gasteiger partial charge in [-0.25, -0.2) is 4.98 Å². The van der Waals surface area contributed by atoms with Crippen LogP contribution in [0.3, 0.4) is 0 Å². The van der Waals surface area contributed by atoms with Crippen LogP contribution in [0, 0.1) is 19.8 Å². The fourth-order valence-corrected chi connectivity index (χ4v) is 3.67. The molecule has 0 bridgehead atoms. The molecule has 3 rings (SSSR count). The number of aromatic nitrogens is 1. The number of rotatable bonds is 4. The third kappa shape index (κ3) is 5.11. The first kappa shape index (κ1) is 21.0. The number of aliphatic imine (C=N–C) groups is 1. The van der Waals surface area contributed by atoms with E-state index >= 15 is 0 Å². The lowest BCUT2D eigenvalue weighted by Gasteiger charge is -2.21. The molecule has 0 radical (unpaired) electrons. The Kier molecular flexibility index (Phi) is 7.72. The van der Waals surface area contributed by atoms with Crippen LogP contribution in [0.5, 0.6) is 0 Å². The second-order valence-corrected chi connectivity index (χ2v) is 7.07. The predicted molar refractivity (Wildman–Crippen MR) is 112 cm³/mol. The van der Waals surface area contributed by atoms with Crippen LogP contribution in [0.25, 0.3) is 0 Å². The Labute approximate surface area is 172 Å². The van der Waals surface area contributed by atoms with Crippen molar-refractivity contribution in [2.45, 2.75) is 58.5 Å². The Hall–Kier alpha value is -1.32. The Balaban J connectivity index is 0.00000243. The molecule has 2 N–H and O–H groups in total. The highest BCUT2D eigenvalue weighted by molar-refractivity contribution is 14.0. The summed E-state index contributed by atoms with van der Waals surface area (Å²) in [6.07, 6.45) is 5.47. The van der Waals surface area contributed by atoms with Crippen LogP contribution in [0.4, 0.5) is 0 Å². The molecule has 0 aromatic carbocycles. The van der Waals surface area contributed by atoms with Crippen LogP contribution >= 0.6 is 24.0 Å². The van der Waals surface area contributed by atoms with Crippen molar-refractivity contribution in [2.75, 3.05) is 20.1 Å². The molecule has 2 heterocycles. The highest BCUT2D eigenvalue weighted by Crippen LogP contribution is 2.27. The van der Waals surface area contributed by atoms with E-state index in [1.54, 1.807) is 7.05 Å². The molecule has 146 valence electrons. The Morgan fingerprint density at radius 1 is 1.31 bits per heavy atom. The minimum absolute atomic E-state index is 0. The molecule has 2 fully saturated rings. The average molecular weight is 475 g/mol. The van der Waals surface area contributed by atoms with Crippen LogP contribution in [-0.4, -0.2) is 47.9 Å². The SMILES string of the molecule is CN=C(NCc1nc(C)c(C)o1)NC1CCN(C(=O)C2CCCC2)C1.I. The second kappa shape index (κ2) is 9.57. The Morgan fingerprint density at radius 2 is 2.04 bits per heavy atom. The molecule has 7 nitrogen and oxygen atoms in total. The third-order valence-electron chi connectivity index (χ3n) is 5.25. The van der Waals surface area contributed by atoms with Gasteiger partial charge in [0.25, 0.3) is 0 Å². The maximum Gasteiger partial charge on any atom is 0.225 e. The first-order chi connectivity index (χ1) is 12.1. The van der Waals surface area contributed by atoms with Crippen LogP contribution in [0.1, 0.15) is 49.4 Å². The third-order valence-corrected chi connectivity index (χ3v) is 5.25. The number of likely N-dealkylation sites (tertiary alicyclic amines) is 1. The minimum atomic E-state index is 0. The zero-order valence-electron chi connectivity index (χ0n) is 15.9. The molecule has 1 amide bonds. The van der Waals surface area contributed by atoms with Gasteiger partial charge in [-0.05, 0) is 33.1 Å². The first-order valence-electron chi connectivity index (χ1n) is 9.25. The Morgan fingerprint density at radius 3 is 2.65 bits per heavy atom. The van der Waals surface area contributed by atoms with E-state index in [4.69, 9.17) is 4.42 Å². The molecule has 1 aromatic heterocycles. The van der Waals surface area contributed by atoms with E-state index in [1.165, 1.54) is 12.8 Å². The molecule has 1 aromatic rings. The number of carbonyl (C=O) groups is 1. The number of guanidine groups is 1. The molecule has 0 spiro atoms. The van der Waals surface area contributed by atoms with Crippen LogP contribution < -0.4 is 10.6 Å². The number of aryl methyl sites for hydroxylation is 2. The van der Waals surface area contributed by atoms with E-state index in [-0.39, 0.29) is 35.9 Å². The highest BCUT2D eigenvalue weighted by Gasteiger charge is 2.32. The lowest BCUT2D eigenvalue weighted by molar-refractivity contribution is -0.134. The molecular weight excluding hydrogens is 445 g/mol. The number of halogens is 1. The van der Waals surface area contributed by atoms with Crippen LogP contribution in [0.2, 0.25) is 0 Å². The molecule has 1 saturated carbocycles. The summed E-state index contributed by atoms with van der Waals surface area (Å²) in [5.41, 5.74) is 0.914. The lowest BCUT2D eigenvalue weighted by atomic mass is 10.1. The summed E-state index contributed by atoms with van der Waals surface area (Å²) in [6, 6.07) is 0.240. The van der Waals surface area contributed by atoms with Crippen molar-refractivity contribution >= 4 is 35.8 Å². The van der Waals surface area contributed by atoms with Crippen LogP contribution in [0.15, 0.2) is 9.41 Å². The zero-order valence-corrected chi connectivity index (χ0v) is 18.2. The molecule has 1 unspecified atom stereocenters. The second-order valence-electron chi connectivity index (χ2n) is 7.07. The van der Waals surface area contributed by atoms with Gasteiger partial charge in [0, 0.05) is 32.1 Å². The van der Waals surface area contributed by atoms with Gasteiger partial charge in [-0.3, -0.25) is 9.79 Å². The van der Waals surface area contributed by atoms with Crippen molar-refractivity contribution in [3.05, 3.63) is 17.3 Å². The standard InChI is InChI=1S/C18H29N5O2.HI/c1-12-13(2)25-16(21-12)10-20-18(19-3)22-15-8-9-23(11-15)17(24)14-6-4-5-7-14;/h14-15H,4-11H2,1-3H3,(H2,19,20,22);1H. The van der Waals surface area contributed by atoms with E-state index in [9.17, 15) is 4.79 Å². The summed E-state index contributed by atoms with van der Waals surface area (Å²) in [7, 11) is 1.75. The number of hydrogen-bond acceptors (Lipinski definition) is 4. The van der Waals surface area contributed by atoms with Gasteiger partial charge in [-0.15, -0.1) is 24.0 Å². The molecule has 1 aliphatic heterocycles. The van der Waals surface area contributed by atoms with Gasteiger partial charge in [-0.1, -0.05) is 12.8 Å². The summed E-state index contributed by atoms with van der Waals surface area (Å²) in [6.45, 7) is 5.93. The fraction of sp³-hybridized carbons (Fsp3) is 0.722. The van der Waals surface area contributed by atoms with Crippen molar-refractivity contribution in [2.24, 2.45) is 10.9 Å². The number of nitrogens with zero attached hydrogens (tertiary/aromatic N) is 3. The maximum absolute atomic E-state index is 12.5. The van der Waals surface area contributed by atoms with Gasteiger partial charge in [0.05, 0.1) is 12.2 Å². The number of carbonyl (C=O) groups excluding carboxylic acids is 1. The van der Waals surface area contributed by atoms with Gasteiger partial charge in [-0.2, -0.15) is 0 Å². The predicted octanol–water partition coefficient (Wildman–Crippen LogP) is 2.37. The van der Waals surface area contributed by atoms with Gasteiger partial charge in [0.2, 0.25) is 11.8 Å². The summed E-state index contributed by atoms with van der Waals surface area (Å²) in [5, 5.41) is 6.64. The van der Waals surface area contributed by atoms with Gasteiger partial charge in [0.15, 0.2) is 5.96 Å². The summed E-state index contributed by atoms with van der Waals surface area (Å²) >= 11 is 0. The Bertz CT molecular complexity index is 620. The maximum atomic E-state index is 12.5. The normalized spacial score (nSPS) is 21.0. The smallest absolute Gasteiger partial charge is 0.225 e. The van der Waals surface area contributed by atoms with Gasteiger partial charge < -0.3 is 20.0 Å².